The monoisotopic (exact) mass is 417 g/mol. The molecule has 1 aliphatic rings. The lowest BCUT2D eigenvalue weighted by molar-refractivity contribution is -0.145. The molecule has 0 saturated carbocycles. The van der Waals surface area contributed by atoms with Gasteiger partial charge in [0.1, 0.15) is 0 Å². The van der Waals surface area contributed by atoms with Crippen LogP contribution >= 0.6 is 0 Å². The van der Waals surface area contributed by atoms with E-state index in [2.05, 4.69) is 15.3 Å². The van der Waals surface area contributed by atoms with Crippen molar-refractivity contribution in [3.63, 3.8) is 0 Å². The van der Waals surface area contributed by atoms with Crippen molar-refractivity contribution in [2.24, 2.45) is 5.73 Å². The zero-order chi connectivity index (χ0) is 22.0. The third-order valence-electron chi connectivity index (χ3n) is 5.56. The number of likely N-dealkylation sites (tertiary alicyclic amines) is 1. The van der Waals surface area contributed by atoms with Crippen LogP contribution in [0.4, 0.5) is 5.69 Å². The highest BCUT2D eigenvalue weighted by Gasteiger charge is 2.32. The van der Waals surface area contributed by atoms with Gasteiger partial charge in [-0.25, -0.2) is 0 Å². The van der Waals surface area contributed by atoms with E-state index >= 15 is 0 Å². The number of nitrogens with zero attached hydrogens (tertiary/aromatic N) is 3. The summed E-state index contributed by atoms with van der Waals surface area (Å²) >= 11 is 0. The van der Waals surface area contributed by atoms with E-state index in [0.29, 0.717) is 6.54 Å². The number of fused-ring (bicyclic) bond motifs is 1. The number of nitrogens with two attached hydrogens (primary N) is 1. The Labute approximate surface area is 179 Å². The fourth-order valence-electron chi connectivity index (χ4n) is 3.99. The van der Waals surface area contributed by atoms with E-state index in [1.54, 1.807) is 11.1 Å². The van der Waals surface area contributed by atoms with Gasteiger partial charge in [0.05, 0.1) is 29.0 Å². The standard InChI is InChI=1S/C23H23N5O3/c1-14-5-4-6-15-9-16(12-26-20(14)15)19-7-2-3-8-28(19)23(31)22(30)27-18-10-17(21(24)29)11-25-13-18/h4-6,9-13,19H,2-3,7-8H2,1H3,(H2,24,29)(H,27,30)/t19-/m0/s1. The number of para-hydroxylation sites is 1. The molecule has 3 N–H and O–H groups in total. The van der Waals surface area contributed by atoms with Crippen LogP contribution in [0.3, 0.4) is 0 Å². The summed E-state index contributed by atoms with van der Waals surface area (Å²) < 4.78 is 0. The minimum absolute atomic E-state index is 0.152. The summed E-state index contributed by atoms with van der Waals surface area (Å²) in [5.41, 5.74) is 8.58. The van der Waals surface area contributed by atoms with Crippen LogP contribution in [0, 0.1) is 6.92 Å². The number of primary amides is 1. The fraction of sp³-hybridized carbons (Fsp3) is 0.261. The van der Waals surface area contributed by atoms with Crippen LogP contribution < -0.4 is 11.1 Å². The van der Waals surface area contributed by atoms with Gasteiger partial charge in [0, 0.05) is 24.3 Å². The van der Waals surface area contributed by atoms with Crippen molar-refractivity contribution in [2.45, 2.75) is 32.2 Å². The Morgan fingerprint density at radius 2 is 1.97 bits per heavy atom. The Morgan fingerprint density at radius 3 is 2.77 bits per heavy atom. The van der Waals surface area contributed by atoms with Crippen molar-refractivity contribution in [2.75, 3.05) is 11.9 Å². The van der Waals surface area contributed by atoms with Crippen LogP contribution in [0.5, 0.6) is 0 Å². The number of aromatic nitrogens is 2. The molecule has 3 amide bonds. The highest BCUT2D eigenvalue weighted by atomic mass is 16.2. The number of anilines is 1. The number of piperidine rings is 1. The number of nitrogens with one attached hydrogen (secondary N) is 1. The van der Waals surface area contributed by atoms with Crippen LogP contribution in [0.1, 0.15) is 46.8 Å². The molecule has 0 spiro atoms. The normalized spacial score (nSPS) is 16.2. The van der Waals surface area contributed by atoms with Gasteiger partial charge in [-0.3, -0.25) is 24.4 Å². The molecule has 31 heavy (non-hydrogen) atoms. The van der Waals surface area contributed by atoms with E-state index in [4.69, 9.17) is 5.73 Å². The third kappa shape index (κ3) is 4.23. The van der Waals surface area contributed by atoms with Crippen molar-refractivity contribution in [1.82, 2.24) is 14.9 Å². The first kappa shape index (κ1) is 20.5. The first-order valence-corrected chi connectivity index (χ1v) is 10.2. The van der Waals surface area contributed by atoms with Gasteiger partial charge in [-0.15, -0.1) is 0 Å². The molecule has 3 aromatic rings. The second kappa shape index (κ2) is 8.51. The molecule has 1 aliphatic heterocycles. The van der Waals surface area contributed by atoms with Crippen molar-refractivity contribution >= 4 is 34.3 Å². The minimum atomic E-state index is -0.778. The average Bonchev–Trinajstić information content (AvgIpc) is 2.78. The first-order valence-electron chi connectivity index (χ1n) is 10.2. The van der Waals surface area contributed by atoms with Crippen LogP contribution in [-0.2, 0) is 9.59 Å². The summed E-state index contributed by atoms with van der Waals surface area (Å²) in [6.45, 7) is 2.50. The summed E-state index contributed by atoms with van der Waals surface area (Å²) in [4.78, 5) is 47.1. The number of benzene rings is 1. The first-order chi connectivity index (χ1) is 14.9. The topological polar surface area (TPSA) is 118 Å². The van der Waals surface area contributed by atoms with Crippen LogP contribution in [-0.4, -0.2) is 39.1 Å². The molecule has 1 fully saturated rings. The number of carbonyl (C=O) groups is 3. The van der Waals surface area contributed by atoms with E-state index in [9.17, 15) is 14.4 Å². The molecular formula is C23H23N5O3. The van der Waals surface area contributed by atoms with Crippen molar-refractivity contribution in [3.8, 4) is 0 Å². The molecule has 0 bridgehead atoms. The Bertz CT molecular complexity index is 1180. The predicted octanol–water partition coefficient (Wildman–Crippen LogP) is 2.73. The highest BCUT2D eigenvalue weighted by Crippen LogP contribution is 2.32. The maximum atomic E-state index is 13.0. The lowest BCUT2D eigenvalue weighted by Gasteiger charge is -2.35. The Balaban J connectivity index is 1.57. The van der Waals surface area contributed by atoms with E-state index in [0.717, 1.165) is 41.3 Å². The Hall–Kier alpha value is -3.81. The fourth-order valence-corrected chi connectivity index (χ4v) is 3.99. The van der Waals surface area contributed by atoms with Crippen molar-refractivity contribution in [1.29, 1.82) is 0 Å². The average molecular weight is 417 g/mol. The van der Waals surface area contributed by atoms with Gasteiger partial charge in [-0.05, 0) is 49.4 Å². The number of aryl methyl sites for hydroxylation is 1. The number of pyridine rings is 2. The molecule has 8 nitrogen and oxygen atoms in total. The van der Waals surface area contributed by atoms with Crippen molar-refractivity contribution < 1.29 is 14.4 Å². The van der Waals surface area contributed by atoms with E-state index in [-0.39, 0.29) is 17.3 Å². The summed E-state index contributed by atoms with van der Waals surface area (Å²) in [5, 5.41) is 3.54. The summed E-state index contributed by atoms with van der Waals surface area (Å²) in [7, 11) is 0. The Kier molecular flexibility index (Phi) is 5.62. The molecule has 2 aromatic heterocycles. The van der Waals surface area contributed by atoms with Gasteiger partial charge in [0.25, 0.3) is 0 Å². The summed E-state index contributed by atoms with van der Waals surface area (Å²) in [6.07, 6.45) is 7.01. The molecule has 0 aliphatic carbocycles. The van der Waals surface area contributed by atoms with Gasteiger partial charge in [0.15, 0.2) is 0 Å². The number of carbonyl (C=O) groups excluding carboxylic acids is 3. The van der Waals surface area contributed by atoms with E-state index in [1.165, 1.54) is 18.5 Å². The van der Waals surface area contributed by atoms with Gasteiger partial charge < -0.3 is 16.0 Å². The lowest BCUT2D eigenvalue weighted by Crippen LogP contribution is -2.44. The highest BCUT2D eigenvalue weighted by molar-refractivity contribution is 6.39. The largest absolute Gasteiger partial charge is 0.366 e. The van der Waals surface area contributed by atoms with Crippen molar-refractivity contribution in [3.05, 3.63) is 65.6 Å². The second-order valence-electron chi connectivity index (χ2n) is 7.71. The molecule has 0 radical (unpaired) electrons. The second-order valence-corrected chi connectivity index (χ2v) is 7.71. The number of rotatable bonds is 3. The SMILES string of the molecule is Cc1cccc2cc([C@@H]3CCCCN3C(=O)C(=O)Nc3cncc(C(N)=O)c3)cnc12. The van der Waals surface area contributed by atoms with Crippen LogP contribution in [0.15, 0.2) is 48.9 Å². The smallest absolute Gasteiger partial charge is 0.313 e. The number of hydrogen-bond donors (Lipinski definition) is 2. The third-order valence-corrected chi connectivity index (χ3v) is 5.56. The summed E-state index contributed by atoms with van der Waals surface area (Å²) in [5.74, 6) is -2.07. The maximum absolute atomic E-state index is 13.0. The van der Waals surface area contributed by atoms with Gasteiger partial charge >= 0.3 is 11.8 Å². The molecule has 1 aromatic carbocycles. The van der Waals surface area contributed by atoms with E-state index < -0.39 is 17.7 Å². The molecule has 158 valence electrons. The van der Waals surface area contributed by atoms with E-state index in [1.807, 2.05) is 31.2 Å². The number of amides is 3. The van der Waals surface area contributed by atoms with Gasteiger partial charge in [0.2, 0.25) is 5.91 Å². The minimum Gasteiger partial charge on any atom is -0.366 e. The molecule has 1 saturated heterocycles. The maximum Gasteiger partial charge on any atom is 0.313 e. The zero-order valence-corrected chi connectivity index (χ0v) is 17.2. The van der Waals surface area contributed by atoms with Crippen LogP contribution in [0.2, 0.25) is 0 Å². The van der Waals surface area contributed by atoms with Gasteiger partial charge in [-0.2, -0.15) is 0 Å². The number of hydrogen-bond acceptors (Lipinski definition) is 5. The molecule has 8 heteroatoms. The summed E-state index contributed by atoms with van der Waals surface area (Å²) in [6, 6.07) is 9.21. The molecule has 4 rings (SSSR count). The van der Waals surface area contributed by atoms with Gasteiger partial charge in [-0.1, -0.05) is 18.2 Å². The predicted molar refractivity (Wildman–Crippen MR) is 116 cm³/mol. The molecule has 3 heterocycles. The molecule has 1 atom stereocenters. The Morgan fingerprint density at radius 1 is 1.13 bits per heavy atom. The lowest BCUT2D eigenvalue weighted by atomic mass is 9.95. The van der Waals surface area contributed by atoms with Crippen LogP contribution in [0.25, 0.3) is 10.9 Å². The quantitative estimate of drug-likeness (QED) is 0.635. The zero-order valence-electron chi connectivity index (χ0n) is 17.2. The molecular weight excluding hydrogens is 394 g/mol. The molecule has 0 unspecified atom stereocenters.